The molecule has 1 N–H and O–H groups in total. The van der Waals surface area contributed by atoms with Crippen LogP contribution in [0.15, 0.2) is 82.6 Å². The standard InChI is InChI=1S/C24H19NS/c1-26(2)21-12-6-8-15-7-5-10-16(22(15)21)17-13-14-20-23(24(17)26)18-9-3-4-11-19(18)25-20/h3-14,25H,1-2H3. The Morgan fingerprint density at radius 2 is 1.46 bits per heavy atom. The van der Waals surface area contributed by atoms with Crippen LogP contribution in [0.5, 0.6) is 0 Å². The summed E-state index contributed by atoms with van der Waals surface area (Å²) >= 11 is 0. The Labute approximate surface area is 154 Å². The molecule has 4 aromatic carbocycles. The predicted octanol–water partition coefficient (Wildman–Crippen LogP) is 6.94. The average molecular weight is 353 g/mol. The van der Waals surface area contributed by atoms with Gasteiger partial charge >= 0.3 is 0 Å². The lowest BCUT2D eigenvalue weighted by atomic mass is 9.96. The van der Waals surface area contributed by atoms with E-state index in [1.807, 2.05) is 0 Å². The van der Waals surface area contributed by atoms with Crippen LogP contribution < -0.4 is 0 Å². The second-order valence-corrected chi connectivity index (χ2v) is 11.0. The molecule has 0 radical (unpaired) electrons. The molecule has 0 fully saturated rings. The lowest BCUT2D eigenvalue weighted by molar-refractivity contribution is 1.39. The predicted molar refractivity (Wildman–Crippen MR) is 115 cm³/mol. The van der Waals surface area contributed by atoms with Crippen LogP contribution in [-0.4, -0.2) is 17.5 Å². The summed E-state index contributed by atoms with van der Waals surface area (Å²) in [6.45, 7) is 0. The highest BCUT2D eigenvalue weighted by atomic mass is 32.3. The second-order valence-electron chi connectivity index (χ2n) is 7.52. The molecule has 1 aliphatic rings. The SMILES string of the molecule is CS1(C)c2cccc3cccc(c23)-c2ccc3[nH]c4ccccc4c3c21. The molecular formula is C24H19NS. The number of H-pyrrole nitrogens is 1. The highest BCUT2D eigenvalue weighted by Crippen LogP contribution is 2.67. The summed E-state index contributed by atoms with van der Waals surface area (Å²) in [6.07, 6.45) is 4.91. The van der Waals surface area contributed by atoms with Gasteiger partial charge in [0.15, 0.2) is 0 Å². The van der Waals surface area contributed by atoms with Gasteiger partial charge in [0, 0.05) is 37.0 Å². The Bertz CT molecular complexity index is 1350. The topological polar surface area (TPSA) is 15.8 Å². The molecule has 0 bridgehead atoms. The smallest absolute Gasteiger partial charge is 0.0476 e. The zero-order valence-corrected chi connectivity index (χ0v) is 15.7. The van der Waals surface area contributed by atoms with Gasteiger partial charge in [-0.2, -0.15) is 10.0 Å². The van der Waals surface area contributed by atoms with E-state index < -0.39 is 10.0 Å². The molecule has 1 aromatic heterocycles. The van der Waals surface area contributed by atoms with Gasteiger partial charge in [-0.05, 0) is 47.2 Å². The summed E-state index contributed by atoms with van der Waals surface area (Å²) in [6, 6.07) is 26.8. The molecule has 2 heteroatoms. The molecule has 126 valence electrons. The molecule has 1 aliphatic heterocycles. The zero-order chi connectivity index (χ0) is 17.5. The summed E-state index contributed by atoms with van der Waals surface area (Å²) in [5, 5.41) is 5.54. The molecule has 1 nitrogen and oxygen atoms in total. The summed E-state index contributed by atoms with van der Waals surface area (Å²) in [7, 11) is -1.12. The Hall–Kier alpha value is -2.71. The van der Waals surface area contributed by atoms with Crippen LogP contribution in [0, 0.1) is 0 Å². The van der Waals surface area contributed by atoms with Crippen molar-refractivity contribution in [2.75, 3.05) is 12.5 Å². The number of aromatic nitrogens is 1. The maximum atomic E-state index is 3.63. The van der Waals surface area contributed by atoms with E-state index in [4.69, 9.17) is 0 Å². The van der Waals surface area contributed by atoms with E-state index in [9.17, 15) is 0 Å². The fourth-order valence-electron chi connectivity index (χ4n) is 4.72. The normalized spacial score (nSPS) is 16.1. The minimum Gasteiger partial charge on any atom is -0.354 e. The highest BCUT2D eigenvalue weighted by Gasteiger charge is 2.32. The molecule has 0 atom stereocenters. The quantitative estimate of drug-likeness (QED) is 0.310. The molecular weight excluding hydrogens is 334 g/mol. The molecule has 26 heavy (non-hydrogen) atoms. The number of para-hydroxylation sites is 1. The summed E-state index contributed by atoms with van der Waals surface area (Å²) in [5.74, 6) is 0. The zero-order valence-electron chi connectivity index (χ0n) is 14.8. The minimum absolute atomic E-state index is 1.12. The van der Waals surface area contributed by atoms with Crippen molar-refractivity contribution >= 4 is 42.6 Å². The van der Waals surface area contributed by atoms with Crippen molar-refractivity contribution in [2.24, 2.45) is 0 Å². The number of aromatic amines is 1. The molecule has 0 spiro atoms. The highest BCUT2D eigenvalue weighted by molar-refractivity contribution is 8.33. The van der Waals surface area contributed by atoms with Crippen molar-refractivity contribution in [1.29, 1.82) is 0 Å². The Morgan fingerprint density at radius 1 is 0.654 bits per heavy atom. The Balaban J connectivity index is 1.90. The first-order chi connectivity index (χ1) is 12.7. The van der Waals surface area contributed by atoms with Gasteiger partial charge in [-0.25, -0.2) is 0 Å². The van der Waals surface area contributed by atoms with E-state index in [1.54, 1.807) is 0 Å². The monoisotopic (exact) mass is 353 g/mol. The van der Waals surface area contributed by atoms with E-state index in [-0.39, 0.29) is 0 Å². The van der Waals surface area contributed by atoms with Gasteiger partial charge in [0.25, 0.3) is 0 Å². The Morgan fingerprint density at radius 3 is 2.35 bits per heavy atom. The molecule has 0 amide bonds. The van der Waals surface area contributed by atoms with Gasteiger partial charge in [-0.15, -0.1) is 0 Å². The van der Waals surface area contributed by atoms with Gasteiger partial charge in [-0.3, -0.25) is 0 Å². The van der Waals surface area contributed by atoms with E-state index in [1.165, 1.54) is 53.5 Å². The van der Waals surface area contributed by atoms with Crippen molar-refractivity contribution in [1.82, 2.24) is 4.98 Å². The number of fused-ring (bicyclic) bond motifs is 6. The van der Waals surface area contributed by atoms with E-state index in [0.717, 1.165) is 0 Å². The molecule has 0 saturated carbocycles. The average Bonchev–Trinajstić information content (AvgIpc) is 3.04. The molecule has 2 heterocycles. The summed E-state index contributed by atoms with van der Waals surface area (Å²) in [5.41, 5.74) is 5.26. The van der Waals surface area contributed by atoms with Gasteiger partial charge in [0.05, 0.1) is 0 Å². The molecule has 6 rings (SSSR count). The van der Waals surface area contributed by atoms with Crippen molar-refractivity contribution in [2.45, 2.75) is 9.79 Å². The van der Waals surface area contributed by atoms with Gasteiger partial charge in [0.2, 0.25) is 0 Å². The maximum absolute atomic E-state index is 3.63. The van der Waals surface area contributed by atoms with Crippen molar-refractivity contribution < 1.29 is 0 Å². The third-order valence-corrected chi connectivity index (χ3v) is 8.72. The largest absolute Gasteiger partial charge is 0.354 e. The first-order valence-corrected chi connectivity index (χ1v) is 11.4. The molecule has 0 saturated heterocycles. The van der Waals surface area contributed by atoms with Crippen LogP contribution in [0.3, 0.4) is 0 Å². The molecule has 5 aromatic rings. The molecule has 0 aliphatic carbocycles. The number of benzene rings is 4. The minimum atomic E-state index is -1.12. The van der Waals surface area contributed by atoms with E-state index in [2.05, 4.69) is 90.3 Å². The number of rotatable bonds is 0. The van der Waals surface area contributed by atoms with Crippen LogP contribution in [0.25, 0.3) is 43.7 Å². The van der Waals surface area contributed by atoms with Crippen LogP contribution in [0.4, 0.5) is 0 Å². The van der Waals surface area contributed by atoms with Crippen molar-refractivity contribution in [3.63, 3.8) is 0 Å². The van der Waals surface area contributed by atoms with E-state index >= 15 is 0 Å². The number of hydrogen-bond acceptors (Lipinski definition) is 0. The van der Waals surface area contributed by atoms with Crippen LogP contribution in [-0.2, 0) is 0 Å². The first-order valence-electron chi connectivity index (χ1n) is 8.95. The van der Waals surface area contributed by atoms with Crippen LogP contribution in [0.2, 0.25) is 0 Å². The summed E-state index contributed by atoms with van der Waals surface area (Å²) < 4.78 is 0. The summed E-state index contributed by atoms with van der Waals surface area (Å²) in [4.78, 5) is 6.66. The van der Waals surface area contributed by atoms with Crippen LogP contribution in [0.1, 0.15) is 0 Å². The fourth-order valence-corrected chi connectivity index (χ4v) is 7.55. The van der Waals surface area contributed by atoms with Crippen LogP contribution >= 0.6 is 10.0 Å². The number of hydrogen-bond donors (Lipinski definition) is 1. The lowest BCUT2D eigenvalue weighted by Gasteiger charge is -2.40. The van der Waals surface area contributed by atoms with Gasteiger partial charge in [0.1, 0.15) is 0 Å². The third-order valence-electron chi connectivity index (χ3n) is 5.84. The maximum Gasteiger partial charge on any atom is 0.0476 e. The lowest BCUT2D eigenvalue weighted by Crippen LogP contribution is -2.06. The third kappa shape index (κ3) is 1.63. The second kappa shape index (κ2) is 4.72. The fraction of sp³-hybridized carbons (Fsp3) is 0.0833. The van der Waals surface area contributed by atoms with Gasteiger partial charge < -0.3 is 4.98 Å². The molecule has 0 unspecified atom stereocenters. The number of nitrogens with one attached hydrogen (secondary N) is 1. The Kier molecular flexibility index (Phi) is 2.62. The van der Waals surface area contributed by atoms with Crippen molar-refractivity contribution in [3.05, 3.63) is 72.8 Å². The van der Waals surface area contributed by atoms with Gasteiger partial charge in [-0.1, -0.05) is 54.6 Å². The van der Waals surface area contributed by atoms with E-state index in [0.29, 0.717) is 0 Å². The van der Waals surface area contributed by atoms with Crippen molar-refractivity contribution in [3.8, 4) is 11.1 Å². The first kappa shape index (κ1) is 14.5.